The SMILES string of the molecule is COc1cc(Cl)cc(Cl)c1-n1ccnc1SC. The lowest BCUT2D eigenvalue weighted by Gasteiger charge is -2.13. The largest absolute Gasteiger partial charge is 0.494 e. The van der Waals surface area contributed by atoms with Gasteiger partial charge in [0.1, 0.15) is 11.4 Å². The summed E-state index contributed by atoms with van der Waals surface area (Å²) in [6.07, 6.45) is 5.51. The molecule has 0 atom stereocenters. The first kappa shape index (κ1) is 12.6. The Kier molecular flexibility index (Phi) is 3.86. The fourth-order valence-electron chi connectivity index (χ4n) is 1.54. The molecule has 0 amide bonds. The molecule has 2 aromatic rings. The van der Waals surface area contributed by atoms with Crippen molar-refractivity contribution in [2.75, 3.05) is 13.4 Å². The summed E-state index contributed by atoms with van der Waals surface area (Å²) in [6.45, 7) is 0. The van der Waals surface area contributed by atoms with Gasteiger partial charge < -0.3 is 4.74 Å². The van der Waals surface area contributed by atoms with Crippen LogP contribution >= 0.6 is 35.0 Å². The van der Waals surface area contributed by atoms with E-state index in [1.165, 1.54) is 11.8 Å². The molecule has 0 aliphatic carbocycles. The van der Waals surface area contributed by atoms with E-state index < -0.39 is 0 Å². The number of ether oxygens (including phenoxy) is 1. The minimum Gasteiger partial charge on any atom is -0.494 e. The number of methoxy groups -OCH3 is 1. The summed E-state index contributed by atoms with van der Waals surface area (Å²) in [4.78, 5) is 4.23. The van der Waals surface area contributed by atoms with E-state index >= 15 is 0 Å². The fourth-order valence-corrected chi connectivity index (χ4v) is 2.62. The van der Waals surface area contributed by atoms with Gasteiger partial charge in [0.25, 0.3) is 0 Å². The van der Waals surface area contributed by atoms with Gasteiger partial charge in [0.05, 0.1) is 12.1 Å². The van der Waals surface area contributed by atoms with Crippen LogP contribution in [0, 0.1) is 0 Å². The Morgan fingerprint density at radius 2 is 2.12 bits per heavy atom. The number of hydrogen-bond acceptors (Lipinski definition) is 3. The normalized spacial score (nSPS) is 10.6. The predicted molar refractivity (Wildman–Crippen MR) is 71.9 cm³/mol. The quantitative estimate of drug-likeness (QED) is 0.802. The van der Waals surface area contributed by atoms with Crippen molar-refractivity contribution in [2.24, 2.45) is 0 Å². The molecule has 0 aliphatic rings. The molecule has 1 heterocycles. The minimum atomic E-state index is 0.530. The molecule has 0 aliphatic heterocycles. The molecule has 1 aromatic heterocycles. The van der Waals surface area contributed by atoms with E-state index in [1.54, 1.807) is 25.4 Å². The highest BCUT2D eigenvalue weighted by Crippen LogP contribution is 2.35. The molecule has 0 N–H and O–H groups in total. The fraction of sp³-hybridized carbons (Fsp3) is 0.182. The van der Waals surface area contributed by atoms with Gasteiger partial charge in [-0.15, -0.1) is 0 Å². The van der Waals surface area contributed by atoms with E-state index in [-0.39, 0.29) is 0 Å². The van der Waals surface area contributed by atoms with Crippen molar-refractivity contribution in [3.05, 3.63) is 34.6 Å². The van der Waals surface area contributed by atoms with E-state index in [1.807, 2.05) is 17.0 Å². The maximum absolute atomic E-state index is 6.21. The van der Waals surface area contributed by atoms with E-state index in [9.17, 15) is 0 Å². The summed E-state index contributed by atoms with van der Waals surface area (Å²) >= 11 is 13.7. The zero-order chi connectivity index (χ0) is 12.4. The highest BCUT2D eigenvalue weighted by Gasteiger charge is 2.14. The lowest BCUT2D eigenvalue weighted by Crippen LogP contribution is -1.99. The van der Waals surface area contributed by atoms with Gasteiger partial charge in [0.2, 0.25) is 0 Å². The van der Waals surface area contributed by atoms with E-state index in [2.05, 4.69) is 4.98 Å². The molecule has 2 rings (SSSR count). The number of halogens is 2. The first-order valence-electron chi connectivity index (χ1n) is 4.78. The van der Waals surface area contributed by atoms with Crippen LogP contribution < -0.4 is 4.74 Å². The summed E-state index contributed by atoms with van der Waals surface area (Å²) in [6, 6.07) is 3.41. The van der Waals surface area contributed by atoms with Crippen molar-refractivity contribution < 1.29 is 4.74 Å². The van der Waals surface area contributed by atoms with Gasteiger partial charge in [-0.1, -0.05) is 35.0 Å². The summed E-state index contributed by atoms with van der Waals surface area (Å²) in [5.74, 6) is 0.621. The Morgan fingerprint density at radius 3 is 2.76 bits per heavy atom. The van der Waals surface area contributed by atoms with Crippen LogP contribution in [0.25, 0.3) is 5.69 Å². The maximum Gasteiger partial charge on any atom is 0.172 e. The van der Waals surface area contributed by atoms with Gasteiger partial charge in [-0.3, -0.25) is 4.57 Å². The second-order valence-electron chi connectivity index (χ2n) is 3.22. The lowest BCUT2D eigenvalue weighted by molar-refractivity contribution is 0.412. The maximum atomic E-state index is 6.21. The minimum absolute atomic E-state index is 0.530. The molecular weight excluding hydrogens is 279 g/mol. The lowest BCUT2D eigenvalue weighted by atomic mass is 10.3. The second kappa shape index (κ2) is 5.21. The van der Waals surface area contributed by atoms with E-state index in [4.69, 9.17) is 27.9 Å². The first-order valence-corrected chi connectivity index (χ1v) is 6.76. The topological polar surface area (TPSA) is 27.1 Å². The first-order chi connectivity index (χ1) is 8.17. The third-order valence-electron chi connectivity index (χ3n) is 2.24. The second-order valence-corrected chi connectivity index (χ2v) is 4.84. The van der Waals surface area contributed by atoms with Crippen LogP contribution in [0.15, 0.2) is 29.7 Å². The zero-order valence-corrected chi connectivity index (χ0v) is 11.6. The standard InChI is InChI=1S/C11H10Cl2N2OS/c1-16-9-6-7(12)5-8(13)10(9)15-4-3-14-11(15)17-2/h3-6H,1-2H3. The Labute approximate surface area is 114 Å². The molecule has 90 valence electrons. The van der Waals surface area contributed by atoms with Crippen molar-refractivity contribution in [1.82, 2.24) is 9.55 Å². The molecule has 0 saturated heterocycles. The number of thioether (sulfide) groups is 1. The average molecular weight is 289 g/mol. The molecule has 0 bridgehead atoms. The summed E-state index contributed by atoms with van der Waals surface area (Å²) < 4.78 is 7.18. The van der Waals surface area contributed by atoms with Gasteiger partial charge in [-0.2, -0.15) is 0 Å². The van der Waals surface area contributed by atoms with Crippen LogP contribution in [0.1, 0.15) is 0 Å². The van der Waals surface area contributed by atoms with Crippen molar-refractivity contribution in [3.63, 3.8) is 0 Å². The van der Waals surface area contributed by atoms with Gasteiger partial charge >= 0.3 is 0 Å². The van der Waals surface area contributed by atoms with Crippen LogP contribution in [0.2, 0.25) is 10.0 Å². The smallest absolute Gasteiger partial charge is 0.172 e. The molecule has 0 fully saturated rings. The molecule has 1 aromatic carbocycles. The molecule has 0 unspecified atom stereocenters. The Hall–Kier alpha value is -0.840. The van der Waals surface area contributed by atoms with Crippen molar-refractivity contribution in [3.8, 4) is 11.4 Å². The zero-order valence-electron chi connectivity index (χ0n) is 9.28. The monoisotopic (exact) mass is 288 g/mol. The Morgan fingerprint density at radius 1 is 1.35 bits per heavy atom. The van der Waals surface area contributed by atoms with Crippen LogP contribution in [0.3, 0.4) is 0 Å². The van der Waals surface area contributed by atoms with Crippen molar-refractivity contribution >= 4 is 35.0 Å². The molecule has 3 nitrogen and oxygen atoms in total. The number of hydrogen-bond donors (Lipinski definition) is 0. The Balaban J connectivity index is 2.66. The third kappa shape index (κ3) is 2.39. The highest BCUT2D eigenvalue weighted by atomic mass is 35.5. The van der Waals surface area contributed by atoms with Crippen LogP contribution in [-0.4, -0.2) is 22.9 Å². The van der Waals surface area contributed by atoms with Crippen LogP contribution in [0.5, 0.6) is 5.75 Å². The molecule has 17 heavy (non-hydrogen) atoms. The van der Waals surface area contributed by atoms with E-state index in [0.717, 1.165) is 10.8 Å². The summed E-state index contributed by atoms with van der Waals surface area (Å²) in [7, 11) is 1.58. The van der Waals surface area contributed by atoms with Gasteiger partial charge in [-0.05, 0) is 12.3 Å². The molecule has 0 radical (unpaired) electrons. The predicted octanol–water partition coefficient (Wildman–Crippen LogP) is 3.91. The van der Waals surface area contributed by atoms with Crippen LogP contribution in [-0.2, 0) is 0 Å². The number of benzene rings is 1. The van der Waals surface area contributed by atoms with Crippen LogP contribution in [0.4, 0.5) is 0 Å². The Bertz CT molecular complexity index is 542. The number of rotatable bonds is 3. The molecule has 6 heteroatoms. The summed E-state index contributed by atoms with van der Waals surface area (Å²) in [5.41, 5.74) is 0.750. The average Bonchev–Trinajstić information content (AvgIpc) is 2.75. The highest BCUT2D eigenvalue weighted by molar-refractivity contribution is 7.98. The van der Waals surface area contributed by atoms with Crippen molar-refractivity contribution in [1.29, 1.82) is 0 Å². The summed E-state index contributed by atoms with van der Waals surface area (Å²) in [5, 5.41) is 1.91. The van der Waals surface area contributed by atoms with Crippen molar-refractivity contribution in [2.45, 2.75) is 5.16 Å². The number of aromatic nitrogens is 2. The molecular formula is C11H10Cl2N2OS. The van der Waals surface area contributed by atoms with Gasteiger partial charge in [0.15, 0.2) is 5.16 Å². The van der Waals surface area contributed by atoms with Gasteiger partial charge in [0, 0.05) is 23.5 Å². The number of imidazole rings is 1. The van der Waals surface area contributed by atoms with Gasteiger partial charge in [-0.25, -0.2) is 4.98 Å². The molecule has 0 saturated carbocycles. The third-order valence-corrected chi connectivity index (χ3v) is 3.42. The molecule has 0 spiro atoms. The number of nitrogens with zero attached hydrogens (tertiary/aromatic N) is 2. The van der Waals surface area contributed by atoms with E-state index in [0.29, 0.717) is 15.8 Å².